The van der Waals surface area contributed by atoms with Crippen molar-refractivity contribution in [2.24, 2.45) is 0 Å². The van der Waals surface area contributed by atoms with Crippen LogP contribution in [0.25, 0.3) is 16.6 Å². The maximum atomic E-state index is 6.35. The average molecular weight is 505 g/mol. The molecule has 1 saturated heterocycles. The lowest BCUT2D eigenvalue weighted by Gasteiger charge is -2.33. The van der Waals surface area contributed by atoms with Crippen molar-refractivity contribution >= 4 is 28.3 Å². The number of nitrogens with zero attached hydrogens (tertiary/aromatic N) is 3. The molecule has 36 heavy (non-hydrogen) atoms. The van der Waals surface area contributed by atoms with E-state index < -0.39 is 0 Å². The Labute approximate surface area is 217 Å². The largest absolute Gasteiger partial charge is 0.492 e. The van der Waals surface area contributed by atoms with Gasteiger partial charge in [0.2, 0.25) is 0 Å². The molecule has 0 spiro atoms. The van der Waals surface area contributed by atoms with Crippen molar-refractivity contribution < 1.29 is 9.47 Å². The zero-order chi connectivity index (χ0) is 24.9. The van der Waals surface area contributed by atoms with Crippen LogP contribution in [0.1, 0.15) is 32.3 Å². The van der Waals surface area contributed by atoms with Crippen LogP contribution in [0.4, 0.5) is 5.82 Å². The minimum absolute atomic E-state index is 0.391. The number of benzene rings is 2. The normalized spacial score (nSPS) is 14.8. The van der Waals surface area contributed by atoms with Crippen LogP contribution in [0, 0.1) is 0 Å². The van der Waals surface area contributed by atoms with E-state index in [0.29, 0.717) is 24.3 Å². The van der Waals surface area contributed by atoms with Gasteiger partial charge in [-0.3, -0.25) is 4.90 Å². The lowest BCUT2D eigenvalue weighted by molar-refractivity contribution is 0.210. The standard InChI is InChI=1S/C29H33ClN4O2/c1-3-35-25-18-21(19-26(36-4-2)29(25)34-14-5-6-15-34)20-33-16-12-23(13-17-33)31-27-11-10-22-8-7-9-24(30)28(22)32-27/h5-11,14-15,18-19,23H,3-4,12-13,16-17,20H2,1-2H3,(H,31,32). The Kier molecular flexibility index (Phi) is 7.63. The fourth-order valence-electron chi connectivity index (χ4n) is 4.89. The van der Waals surface area contributed by atoms with Crippen molar-refractivity contribution in [3.8, 4) is 17.2 Å². The molecule has 0 atom stereocenters. The van der Waals surface area contributed by atoms with Crippen LogP contribution in [0.15, 0.2) is 67.0 Å². The second-order valence-electron chi connectivity index (χ2n) is 9.10. The van der Waals surface area contributed by atoms with E-state index in [0.717, 1.165) is 66.4 Å². The Morgan fingerprint density at radius 3 is 2.31 bits per heavy atom. The molecule has 0 saturated carbocycles. The molecule has 5 rings (SSSR count). The van der Waals surface area contributed by atoms with E-state index in [-0.39, 0.29) is 0 Å². The summed E-state index contributed by atoms with van der Waals surface area (Å²) >= 11 is 6.35. The Hall–Kier alpha value is -3.22. The molecule has 6 nitrogen and oxygen atoms in total. The molecular formula is C29H33ClN4O2. The molecule has 188 valence electrons. The van der Waals surface area contributed by atoms with Crippen molar-refractivity contribution in [2.75, 3.05) is 31.6 Å². The maximum absolute atomic E-state index is 6.35. The van der Waals surface area contributed by atoms with Gasteiger partial charge >= 0.3 is 0 Å². The summed E-state index contributed by atoms with van der Waals surface area (Å²) in [5.74, 6) is 2.59. The van der Waals surface area contributed by atoms with Crippen LogP contribution < -0.4 is 14.8 Å². The lowest BCUT2D eigenvalue weighted by Crippen LogP contribution is -2.38. The van der Waals surface area contributed by atoms with Crippen molar-refractivity contribution in [3.63, 3.8) is 0 Å². The monoisotopic (exact) mass is 504 g/mol. The van der Waals surface area contributed by atoms with Crippen molar-refractivity contribution in [3.05, 3.63) is 77.6 Å². The number of para-hydroxylation sites is 1. The third-order valence-electron chi connectivity index (χ3n) is 6.58. The van der Waals surface area contributed by atoms with Gasteiger partial charge in [0.15, 0.2) is 0 Å². The smallest absolute Gasteiger partial charge is 0.147 e. The number of anilines is 1. The molecule has 4 aromatic rings. The van der Waals surface area contributed by atoms with Crippen LogP contribution in [-0.2, 0) is 6.54 Å². The van der Waals surface area contributed by atoms with E-state index >= 15 is 0 Å². The molecule has 2 aromatic carbocycles. The highest BCUT2D eigenvalue weighted by Crippen LogP contribution is 2.35. The Balaban J connectivity index is 1.26. The third kappa shape index (κ3) is 5.45. The molecule has 3 heterocycles. The molecule has 1 aliphatic heterocycles. The first-order valence-electron chi connectivity index (χ1n) is 12.7. The highest BCUT2D eigenvalue weighted by Gasteiger charge is 2.21. The molecule has 0 unspecified atom stereocenters. The van der Waals surface area contributed by atoms with Gasteiger partial charge in [0, 0.05) is 43.5 Å². The number of piperidine rings is 1. The van der Waals surface area contributed by atoms with Crippen LogP contribution >= 0.6 is 11.6 Å². The zero-order valence-electron chi connectivity index (χ0n) is 20.9. The van der Waals surface area contributed by atoms with Gasteiger partial charge in [-0.1, -0.05) is 23.7 Å². The van der Waals surface area contributed by atoms with Gasteiger partial charge in [-0.05, 0) is 74.7 Å². The lowest BCUT2D eigenvalue weighted by atomic mass is 10.0. The van der Waals surface area contributed by atoms with Crippen molar-refractivity contribution in [1.82, 2.24) is 14.5 Å². The number of aromatic nitrogens is 2. The van der Waals surface area contributed by atoms with Gasteiger partial charge < -0.3 is 19.4 Å². The molecule has 0 bridgehead atoms. The number of pyridine rings is 1. The summed E-state index contributed by atoms with van der Waals surface area (Å²) in [6.07, 6.45) is 6.16. The minimum Gasteiger partial charge on any atom is -0.492 e. The first-order valence-corrected chi connectivity index (χ1v) is 13.1. The summed E-state index contributed by atoms with van der Waals surface area (Å²) in [6.45, 7) is 8.13. The van der Waals surface area contributed by atoms with Crippen LogP contribution in [0.5, 0.6) is 11.5 Å². The van der Waals surface area contributed by atoms with Gasteiger partial charge in [0.25, 0.3) is 0 Å². The van der Waals surface area contributed by atoms with E-state index in [1.165, 1.54) is 5.56 Å². The van der Waals surface area contributed by atoms with Gasteiger partial charge in [-0.25, -0.2) is 4.98 Å². The zero-order valence-corrected chi connectivity index (χ0v) is 21.7. The second-order valence-corrected chi connectivity index (χ2v) is 9.51. The van der Waals surface area contributed by atoms with Gasteiger partial charge in [0.1, 0.15) is 23.0 Å². The fraction of sp³-hybridized carbons (Fsp3) is 0.345. The summed E-state index contributed by atoms with van der Waals surface area (Å²) < 4.78 is 14.2. The van der Waals surface area contributed by atoms with Crippen molar-refractivity contribution in [1.29, 1.82) is 0 Å². The number of halogens is 1. The molecule has 7 heteroatoms. The highest BCUT2D eigenvalue weighted by atomic mass is 35.5. The quantitative estimate of drug-likeness (QED) is 0.280. The Morgan fingerprint density at radius 1 is 0.944 bits per heavy atom. The van der Waals surface area contributed by atoms with E-state index in [4.69, 9.17) is 26.1 Å². The number of hydrogen-bond acceptors (Lipinski definition) is 5. The number of rotatable bonds is 9. The van der Waals surface area contributed by atoms with E-state index in [1.807, 2.05) is 62.6 Å². The molecule has 2 aromatic heterocycles. The summed E-state index contributed by atoms with van der Waals surface area (Å²) in [7, 11) is 0. The predicted molar refractivity (Wildman–Crippen MR) is 147 cm³/mol. The number of likely N-dealkylation sites (tertiary alicyclic amines) is 1. The number of fused-ring (bicyclic) bond motifs is 1. The second kappa shape index (κ2) is 11.2. The first kappa shape index (κ1) is 24.5. The van der Waals surface area contributed by atoms with Crippen LogP contribution in [0.3, 0.4) is 0 Å². The van der Waals surface area contributed by atoms with Gasteiger partial charge in [-0.15, -0.1) is 0 Å². The fourth-order valence-corrected chi connectivity index (χ4v) is 5.12. The number of nitrogens with one attached hydrogen (secondary N) is 1. The third-order valence-corrected chi connectivity index (χ3v) is 6.88. The summed E-state index contributed by atoms with van der Waals surface area (Å²) in [4.78, 5) is 7.25. The van der Waals surface area contributed by atoms with Gasteiger partial charge in [-0.2, -0.15) is 0 Å². The van der Waals surface area contributed by atoms with E-state index in [1.54, 1.807) is 0 Å². The average Bonchev–Trinajstić information content (AvgIpc) is 3.41. The topological polar surface area (TPSA) is 51.6 Å². The number of ether oxygens (including phenoxy) is 2. The van der Waals surface area contributed by atoms with Crippen LogP contribution in [0.2, 0.25) is 5.02 Å². The summed E-state index contributed by atoms with van der Waals surface area (Å²) in [5, 5.41) is 5.37. The molecule has 0 aliphatic carbocycles. The SMILES string of the molecule is CCOc1cc(CN2CCC(Nc3ccc4cccc(Cl)c4n3)CC2)cc(OCC)c1-n1cccc1. The van der Waals surface area contributed by atoms with E-state index in [2.05, 4.69) is 33.0 Å². The number of hydrogen-bond donors (Lipinski definition) is 1. The molecule has 0 radical (unpaired) electrons. The maximum Gasteiger partial charge on any atom is 0.147 e. The van der Waals surface area contributed by atoms with E-state index in [9.17, 15) is 0 Å². The Bertz CT molecular complexity index is 1270. The first-order chi connectivity index (χ1) is 17.6. The Morgan fingerprint density at radius 2 is 1.64 bits per heavy atom. The highest BCUT2D eigenvalue weighted by molar-refractivity contribution is 6.35. The molecular weight excluding hydrogens is 472 g/mol. The van der Waals surface area contributed by atoms with Crippen molar-refractivity contribution in [2.45, 2.75) is 39.3 Å². The molecule has 1 fully saturated rings. The molecule has 0 amide bonds. The molecule has 1 N–H and O–H groups in total. The predicted octanol–water partition coefficient (Wildman–Crippen LogP) is 6.55. The summed E-state index contributed by atoms with van der Waals surface area (Å²) in [5.41, 5.74) is 3.01. The summed E-state index contributed by atoms with van der Waals surface area (Å²) in [6, 6.07) is 18.7. The minimum atomic E-state index is 0.391. The van der Waals surface area contributed by atoms with Gasteiger partial charge in [0.05, 0.1) is 23.8 Å². The van der Waals surface area contributed by atoms with Crippen LogP contribution in [-0.4, -0.2) is 46.8 Å². The molecule has 1 aliphatic rings.